The van der Waals surface area contributed by atoms with Gasteiger partial charge in [0.2, 0.25) is 0 Å². The zero-order valence-electron chi connectivity index (χ0n) is 11.1. The Hall–Kier alpha value is -2.56. The summed E-state index contributed by atoms with van der Waals surface area (Å²) in [5.41, 5.74) is 0.489. The number of H-pyrrole nitrogens is 1. The second-order valence-corrected chi connectivity index (χ2v) is 4.29. The van der Waals surface area contributed by atoms with Crippen LogP contribution in [0.2, 0.25) is 0 Å². The molecule has 2 rings (SSSR count). The highest BCUT2D eigenvalue weighted by Gasteiger charge is 2.09. The number of aromatic nitrogens is 1. The Labute approximate surface area is 115 Å². The molecule has 0 aliphatic carbocycles. The van der Waals surface area contributed by atoms with Crippen molar-refractivity contribution in [2.45, 2.75) is 13.3 Å². The number of carbonyl (C=O) groups is 1. The van der Waals surface area contributed by atoms with Crippen LogP contribution in [-0.4, -0.2) is 22.7 Å². The number of aromatic carboxylic acids is 1. The van der Waals surface area contributed by atoms with Gasteiger partial charge in [0.05, 0.1) is 6.61 Å². The third-order valence-corrected chi connectivity index (χ3v) is 2.78. The Balaban J connectivity index is 2.26. The van der Waals surface area contributed by atoms with Crippen LogP contribution in [0.3, 0.4) is 0 Å². The molecule has 0 radical (unpaired) electrons. The van der Waals surface area contributed by atoms with Gasteiger partial charge in [-0.05, 0) is 48.4 Å². The molecule has 0 fully saturated rings. The molecule has 0 aliphatic heterocycles. The van der Waals surface area contributed by atoms with Crippen molar-refractivity contribution in [1.29, 1.82) is 0 Å². The van der Waals surface area contributed by atoms with Crippen molar-refractivity contribution < 1.29 is 14.6 Å². The minimum Gasteiger partial charge on any atom is -0.494 e. The van der Waals surface area contributed by atoms with Crippen LogP contribution in [0.15, 0.2) is 41.2 Å². The van der Waals surface area contributed by atoms with E-state index in [1.165, 1.54) is 6.07 Å². The van der Waals surface area contributed by atoms with Crippen LogP contribution in [0.25, 0.3) is 11.3 Å². The van der Waals surface area contributed by atoms with Crippen LogP contribution in [0.1, 0.15) is 23.7 Å². The summed E-state index contributed by atoms with van der Waals surface area (Å²) in [6, 6.07) is 10.1. The van der Waals surface area contributed by atoms with Crippen LogP contribution in [-0.2, 0) is 0 Å². The van der Waals surface area contributed by atoms with Gasteiger partial charge >= 0.3 is 5.97 Å². The molecule has 5 heteroatoms. The highest BCUT2D eigenvalue weighted by molar-refractivity contribution is 5.87. The molecule has 0 spiro atoms. The average molecular weight is 273 g/mol. The van der Waals surface area contributed by atoms with E-state index < -0.39 is 11.5 Å². The van der Waals surface area contributed by atoms with Gasteiger partial charge < -0.3 is 14.8 Å². The zero-order valence-corrected chi connectivity index (χ0v) is 11.1. The van der Waals surface area contributed by atoms with Crippen molar-refractivity contribution in [1.82, 2.24) is 4.98 Å². The molecular weight excluding hydrogens is 258 g/mol. The average Bonchev–Trinajstić information content (AvgIpc) is 2.45. The number of carboxylic acids is 1. The number of pyridine rings is 1. The second-order valence-electron chi connectivity index (χ2n) is 4.29. The molecular formula is C15H15NO4. The standard InChI is InChI=1S/C15H15NO4/c1-2-9-20-11-5-3-10(4-6-11)13-8-7-12(15(18)19)14(17)16-13/h3-8H,2,9H2,1H3,(H,16,17)(H,18,19). The first-order valence-electron chi connectivity index (χ1n) is 6.31. The fourth-order valence-corrected chi connectivity index (χ4v) is 1.76. The maximum Gasteiger partial charge on any atom is 0.341 e. The van der Waals surface area contributed by atoms with Gasteiger partial charge in [0.1, 0.15) is 11.3 Å². The van der Waals surface area contributed by atoms with Crippen LogP contribution < -0.4 is 10.3 Å². The Morgan fingerprint density at radius 2 is 1.90 bits per heavy atom. The van der Waals surface area contributed by atoms with Crippen molar-refractivity contribution in [3.05, 3.63) is 52.3 Å². The van der Waals surface area contributed by atoms with Gasteiger partial charge in [-0.3, -0.25) is 4.79 Å². The van der Waals surface area contributed by atoms with E-state index in [1.807, 2.05) is 31.2 Å². The number of benzene rings is 1. The Bertz CT molecular complexity index is 658. The van der Waals surface area contributed by atoms with E-state index in [1.54, 1.807) is 6.07 Å². The molecule has 1 aromatic heterocycles. The van der Waals surface area contributed by atoms with Gasteiger partial charge in [-0.25, -0.2) is 4.79 Å². The molecule has 20 heavy (non-hydrogen) atoms. The molecule has 0 saturated heterocycles. The predicted molar refractivity (Wildman–Crippen MR) is 75.2 cm³/mol. The lowest BCUT2D eigenvalue weighted by atomic mass is 10.1. The molecule has 0 amide bonds. The summed E-state index contributed by atoms with van der Waals surface area (Å²) >= 11 is 0. The fraction of sp³-hybridized carbons (Fsp3) is 0.200. The SMILES string of the molecule is CCCOc1ccc(-c2ccc(C(=O)O)c(=O)[nH]2)cc1. The maximum atomic E-state index is 11.6. The molecule has 0 bridgehead atoms. The summed E-state index contributed by atoms with van der Waals surface area (Å²) in [4.78, 5) is 24.9. The van der Waals surface area contributed by atoms with Gasteiger partial charge in [0.15, 0.2) is 0 Å². The summed E-state index contributed by atoms with van der Waals surface area (Å²) in [6.45, 7) is 2.69. The van der Waals surface area contributed by atoms with Gasteiger partial charge in [0, 0.05) is 5.69 Å². The third kappa shape index (κ3) is 3.06. The molecule has 0 atom stereocenters. The summed E-state index contributed by atoms with van der Waals surface area (Å²) in [6.07, 6.45) is 0.936. The molecule has 0 aliphatic rings. The predicted octanol–water partition coefficient (Wildman–Crippen LogP) is 2.53. The summed E-state index contributed by atoms with van der Waals surface area (Å²) in [5.74, 6) is -0.471. The van der Waals surface area contributed by atoms with Crippen LogP contribution in [0, 0.1) is 0 Å². The van der Waals surface area contributed by atoms with E-state index in [-0.39, 0.29) is 5.56 Å². The fourth-order valence-electron chi connectivity index (χ4n) is 1.76. The van der Waals surface area contributed by atoms with E-state index in [9.17, 15) is 9.59 Å². The van der Waals surface area contributed by atoms with E-state index in [4.69, 9.17) is 9.84 Å². The lowest BCUT2D eigenvalue weighted by molar-refractivity contribution is 0.0695. The lowest BCUT2D eigenvalue weighted by Crippen LogP contribution is -2.17. The molecule has 5 nitrogen and oxygen atoms in total. The number of rotatable bonds is 5. The summed E-state index contributed by atoms with van der Waals surface area (Å²) < 4.78 is 5.47. The zero-order chi connectivity index (χ0) is 14.5. The smallest absolute Gasteiger partial charge is 0.341 e. The number of aromatic amines is 1. The lowest BCUT2D eigenvalue weighted by Gasteiger charge is -2.06. The van der Waals surface area contributed by atoms with E-state index in [2.05, 4.69) is 4.98 Å². The Kier molecular flexibility index (Phi) is 4.20. The number of hydrogen-bond acceptors (Lipinski definition) is 3. The number of carboxylic acid groups (broad SMARTS) is 1. The molecule has 0 unspecified atom stereocenters. The number of hydrogen-bond donors (Lipinski definition) is 2. The van der Waals surface area contributed by atoms with E-state index in [0.717, 1.165) is 17.7 Å². The van der Waals surface area contributed by atoms with Crippen molar-refractivity contribution in [2.24, 2.45) is 0 Å². The summed E-state index contributed by atoms with van der Waals surface area (Å²) in [5, 5.41) is 8.81. The topological polar surface area (TPSA) is 79.4 Å². The second kappa shape index (κ2) is 6.06. The van der Waals surface area contributed by atoms with Gasteiger partial charge in [-0.15, -0.1) is 0 Å². The van der Waals surface area contributed by atoms with Gasteiger partial charge in [-0.2, -0.15) is 0 Å². The minimum atomic E-state index is -1.24. The van der Waals surface area contributed by atoms with Crippen molar-refractivity contribution in [2.75, 3.05) is 6.61 Å². The quantitative estimate of drug-likeness (QED) is 0.877. The van der Waals surface area contributed by atoms with Crippen LogP contribution >= 0.6 is 0 Å². The van der Waals surface area contributed by atoms with Crippen molar-refractivity contribution in [3.8, 4) is 17.0 Å². The minimum absolute atomic E-state index is 0.267. The normalized spacial score (nSPS) is 10.2. The Morgan fingerprint density at radius 1 is 1.20 bits per heavy atom. The summed E-state index contributed by atoms with van der Waals surface area (Å²) in [7, 11) is 0. The van der Waals surface area contributed by atoms with Gasteiger partial charge in [0.25, 0.3) is 5.56 Å². The van der Waals surface area contributed by atoms with Crippen molar-refractivity contribution in [3.63, 3.8) is 0 Å². The molecule has 104 valence electrons. The largest absolute Gasteiger partial charge is 0.494 e. The Morgan fingerprint density at radius 3 is 2.45 bits per heavy atom. The molecule has 1 heterocycles. The molecule has 1 aromatic carbocycles. The first kappa shape index (κ1) is 13.9. The van der Waals surface area contributed by atoms with Crippen LogP contribution in [0.4, 0.5) is 0 Å². The highest BCUT2D eigenvalue weighted by atomic mass is 16.5. The molecule has 2 aromatic rings. The number of ether oxygens (including phenoxy) is 1. The van der Waals surface area contributed by atoms with Gasteiger partial charge in [-0.1, -0.05) is 6.92 Å². The first-order chi connectivity index (χ1) is 9.61. The maximum absolute atomic E-state index is 11.6. The third-order valence-electron chi connectivity index (χ3n) is 2.78. The van der Waals surface area contributed by atoms with E-state index in [0.29, 0.717) is 12.3 Å². The monoisotopic (exact) mass is 273 g/mol. The van der Waals surface area contributed by atoms with Crippen LogP contribution in [0.5, 0.6) is 5.75 Å². The van der Waals surface area contributed by atoms with Crippen molar-refractivity contribution >= 4 is 5.97 Å². The molecule has 0 saturated carbocycles. The van der Waals surface area contributed by atoms with E-state index >= 15 is 0 Å². The highest BCUT2D eigenvalue weighted by Crippen LogP contribution is 2.20. The number of nitrogens with one attached hydrogen (secondary N) is 1. The molecule has 2 N–H and O–H groups in total. The first-order valence-corrected chi connectivity index (χ1v) is 6.31.